The zero-order valence-electron chi connectivity index (χ0n) is 11.5. The van der Waals surface area contributed by atoms with Crippen molar-refractivity contribution in [3.8, 4) is 0 Å². The van der Waals surface area contributed by atoms with Gasteiger partial charge in [0.05, 0.1) is 19.8 Å². The van der Waals surface area contributed by atoms with Crippen LogP contribution >= 0.6 is 0 Å². The highest BCUT2D eigenvalue weighted by Crippen LogP contribution is 2.16. The summed E-state index contributed by atoms with van der Waals surface area (Å²) in [6, 6.07) is 2.19. The topological polar surface area (TPSA) is 37.6 Å². The molecular formula is C14H24N2O2. The second kappa shape index (κ2) is 6.92. The van der Waals surface area contributed by atoms with E-state index in [-0.39, 0.29) is 0 Å². The molecule has 1 fully saturated rings. The fraction of sp³-hybridized carbons (Fsp3) is 0.714. The van der Waals surface area contributed by atoms with Crippen LogP contribution < -0.4 is 5.32 Å². The lowest BCUT2D eigenvalue weighted by atomic mass is 10.2. The van der Waals surface area contributed by atoms with Gasteiger partial charge in [0.2, 0.25) is 0 Å². The third-order valence-electron chi connectivity index (χ3n) is 3.30. The van der Waals surface area contributed by atoms with Crippen molar-refractivity contribution >= 4 is 0 Å². The first-order valence-corrected chi connectivity index (χ1v) is 6.88. The van der Waals surface area contributed by atoms with Crippen LogP contribution in [0.4, 0.5) is 0 Å². The molecule has 0 aromatic carbocycles. The smallest absolute Gasteiger partial charge is 0.118 e. The Balaban J connectivity index is 1.86. The molecule has 0 saturated carbocycles. The van der Waals surface area contributed by atoms with E-state index in [0.29, 0.717) is 0 Å². The van der Waals surface area contributed by atoms with Crippen molar-refractivity contribution in [1.82, 2.24) is 10.2 Å². The van der Waals surface area contributed by atoms with Gasteiger partial charge < -0.3 is 14.5 Å². The van der Waals surface area contributed by atoms with Crippen molar-refractivity contribution in [2.24, 2.45) is 0 Å². The highest BCUT2D eigenvalue weighted by molar-refractivity contribution is 5.20. The van der Waals surface area contributed by atoms with E-state index in [1.54, 1.807) is 0 Å². The fourth-order valence-corrected chi connectivity index (χ4v) is 2.22. The number of rotatable bonds is 6. The Morgan fingerprint density at radius 2 is 2.11 bits per heavy atom. The van der Waals surface area contributed by atoms with E-state index in [1.807, 2.05) is 6.92 Å². The monoisotopic (exact) mass is 252 g/mol. The Kier molecular flexibility index (Phi) is 5.23. The molecule has 18 heavy (non-hydrogen) atoms. The van der Waals surface area contributed by atoms with Crippen LogP contribution in [0, 0.1) is 6.92 Å². The molecule has 4 nitrogen and oxygen atoms in total. The first-order valence-electron chi connectivity index (χ1n) is 6.88. The summed E-state index contributed by atoms with van der Waals surface area (Å²) < 4.78 is 11.2. The summed E-state index contributed by atoms with van der Waals surface area (Å²) in [5, 5.41) is 3.42. The van der Waals surface area contributed by atoms with E-state index in [4.69, 9.17) is 9.15 Å². The molecule has 1 N–H and O–H groups in total. The van der Waals surface area contributed by atoms with Crippen LogP contribution in [0.25, 0.3) is 0 Å². The maximum atomic E-state index is 5.83. The zero-order chi connectivity index (χ0) is 12.8. The fourth-order valence-electron chi connectivity index (χ4n) is 2.22. The second-order valence-corrected chi connectivity index (χ2v) is 4.86. The molecule has 1 aliphatic heterocycles. The lowest BCUT2D eigenvalue weighted by molar-refractivity contribution is 0.0312. The van der Waals surface area contributed by atoms with Gasteiger partial charge in [-0.25, -0.2) is 0 Å². The summed E-state index contributed by atoms with van der Waals surface area (Å²) in [6.07, 6.45) is 1.16. The maximum absolute atomic E-state index is 5.83. The van der Waals surface area contributed by atoms with Gasteiger partial charge in [0.25, 0.3) is 0 Å². The predicted molar refractivity (Wildman–Crippen MR) is 71.5 cm³/mol. The summed E-state index contributed by atoms with van der Waals surface area (Å²) in [5.41, 5.74) is 1.28. The minimum atomic E-state index is 0.838. The normalized spacial score (nSPS) is 17.2. The number of morpholine rings is 1. The molecule has 1 aromatic heterocycles. The van der Waals surface area contributed by atoms with Crippen LogP contribution in [0.2, 0.25) is 0 Å². The van der Waals surface area contributed by atoms with Crippen LogP contribution in [0.15, 0.2) is 10.5 Å². The standard InChI is InChI=1S/C14H24N2O2/c1-3-4-15-10-13-9-14(18-12(13)2)11-16-5-7-17-8-6-16/h9,15H,3-8,10-11H2,1-2H3. The van der Waals surface area contributed by atoms with Gasteiger partial charge in [0.15, 0.2) is 0 Å². The van der Waals surface area contributed by atoms with Crippen molar-refractivity contribution < 1.29 is 9.15 Å². The van der Waals surface area contributed by atoms with Crippen molar-refractivity contribution in [2.45, 2.75) is 33.4 Å². The zero-order valence-corrected chi connectivity index (χ0v) is 11.5. The third-order valence-corrected chi connectivity index (χ3v) is 3.30. The molecule has 0 unspecified atom stereocenters. The van der Waals surface area contributed by atoms with E-state index in [9.17, 15) is 0 Å². The van der Waals surface area contributed by atoms with Crippen LogP contribution in [0.1, 0.15) is 30.4 Å². The van der Waals surface area contributed by atoms with Crippen molar-refractivity contribution in [3.05, 3.63) is 23.2 Å². The molecule has 4 heteroatoms. The molecule has 1 aromatic rings. The Morgan fingerprint density at radius 1 is 1.33 bits per heavy atom. The van der Waals surface area contributed by atoms with E-state index < -0.39 is 0 Å². The molecule has 0 amide bonds. The first-order chi connectivity index (χ1) is 8.79. The highest BCUT2D eigenvalue weighted by Gasteiger charge is 2.14. The van der Waals surface area contributed by atoms with E-state index in [0.717, 1.165) is 63.9 Å². The summed E-state index contributed by atoms with van der Waals surface area (Å²) in [4.78, 5) is 2.38. The van der Waals surface area contributed by atoms with E-state index in [1.165, 1.54) is 5.56 Å². The minimum absolute atomic E-state index is 0.838. The molecule has 0 radical (unpaired) electrons. The Morgan fingerprint density at radius 3 is 2.83 bits per heavy atom. The van der Waals surface area contributed by atoms with Crippen LogP contribution in [0.3, 0.4) is 0 Å². The summed E-state index contributed by atoms with van der Waals surface area (Å²) in [5.74, 6) is 2.12. The molecule has 2 rings (SSSR count). The van der Waals surface area contributed by atoms with Gasteiger partial charge in [-0.15, -0.1) is 0 Å². The molecular weight excluding hydrogens is 228 g/mol. The van der Waals surface area contributed by atoms with Gasteiger partial charge in [-0.1, -0.05) is 6.92 Å². The van der Waals surface area contributed by atoms with Crippen LogP contribution in [-0.4, -0.2) is 37.7 Å². The van der Waals surface area contributed by atoms with E-state index in [2.05, 4.69) is 23.2 Å². The Labute approximate surface area is 109 Å². The third kappa shape index (κ3) is 3.83. The van der Waals surface area contributed by atoms with Gasteiger partial charge in [0, 0.05) is 25.2 Å². The number of nitrogens with zero attached hydrogens (tertiary/aromatic N) is 1. The maximum Gasteiger partial charge on any atom is 0.118 e. The van der Waals surface area contributed by atoms with Crippen molar-refractivity contribution in [2.75, 3.05) is 32.8 Å². The van der Waals surface area contributed by atoms with Gasteiger partial charge in [-0.05, 0) is 26.0 Å². The second-order valence-electron chi connectivity index (χ2n) is 4.86. The molecule has 2 heterocycles. The average Bonchev–Trinajstić information content (AvgIpc) is 2.71. The molecule has 1 saturated heterocycles. The highest BCUT2D eigenvalue weighted by atomic mass is 16.5. The lowest BCUT2D eigenvalue weighted by Gasteiger charge is -2.25. The summed E-state index contributed by atoms with van der Waals surface area (Å²) >= 11 is 0. The minimum Gasteiger partial charge on any atom is -0.465 e. The molecule has 102 valence electrons. The van der Waals surface area contributed by atoms with Crippen LogP contribution in [0.5, 0.6) is 0 Å². The number of hydrogen-bond acceptors (Lipinski definition) is 4. The number of furan rings is 1. The largest absolute Gasteiger partial charge is 0.465 e. The molecule has 0 spiro atoms. The first kappa shape index (κ1) is 13.6. The van der Waals surface area contributed by atoms with Gasteiger partial charge in [-0.2, -0.15) is 0 Å². The number of hydrogen-bond donors (Lipinski definition) is 1. The molecule has 0 bridgehead atoms. The lowest BCUT2D eigenvalue weighted by Crippen LogP contribution is -2.35. The van der Waals surface area contributed by atoms with Crippen LogP contribution in [-0.2, 0) is 17.8 Å². The van der Waals surface area contributed by atoms with Crippen molar-refractivity contribution in [1.29, 1.82) is 0 Å². The van der Waals surface area contributed by atoms with Gasteiger partial charge in [-0.3, -0.25) is 4.90 Å². The van der Waals surface area contributed by atoms with Gasteiger partial charge >= 0.3 is 0 Å². The SMILES string of the molecule is CCCNCc1cc(CN2CCOCC2)oc1C. The number of ether oxygens (including phenoxy) is 1. The Hall–Kier alpha value is -0.840. The summed E-state index contributed by atoms with van der Waals surface area (Å²) in [6.45, 7) is 10.8. The number of aryl methyl sites for hydroxylation is 1. The molecule has 1 aliphatic rings. The average molecular weight is 252 g/mol. The quantitative estimate of drug-likeness (QED) is 0.785. The molecule has 0 aliphatic carbocycles. The number of nitrogens with one attached hydrogen (secondary N) is 1. The predicted octanol–water partition coefficient (Wildman–Crippen LogP) is 1.92. The Bertz CT molecular complexity index is 357. The van der Waals surface area contributed by atoms with E-state index >= 15 is 0 Å². The molecule has 0 atom stereocenters. The van der Waals surface area contributed by atoms with Gasteiger partial charge in [0.1, 0.15) is 11.5 Å². The summed E-state index contributed by atoms with van der Waals surface area (Å²) in [7, 11) is 0. The van der Waals surface area contributed by atoms with Crippen molar-refractivity contribution in [3.63, 3.8) is 0 Å².